The van der Waals surface area contributed by atoms with Crippen LogP contribution in [0.3, 0.4) is 0 Å². The Balaban J connectivity index is 2.18. The number of methoxy groups -OCH3 is 1. The van der Waals surface area contributed by atoms with Gasteiger partial charge in [-0.25, -0.2) is 9.78 Å². The second-order valence-electron chi connectivity index (χ2n) is 4.06. The van der Waals surface area contributed by atoms with Gasteiger partial charge in [-0.15, -0.1) is 0 Å². The number of pyridine rings is 1. The first-order valence-electron chi connectivity index (χ1n) is 5.93. The third-order valence-electron chi connectivity index (χ3n) is 2.80. The zero-order valence-corrected chi connectivity index (χ0v) is 12.5. The Morgan fingerprint density at radius 3 is 2.85 bits per heavy atom. The maximum atomic E-state index is 11.5. The number of ether oxygens (including phenoxy) is 1. The van der Waals surface area contributed by atoms with Gasteiger partial charge in [0.15, 0.2) is 0 Å². The van der Waals surface area contributed by atoms with Crippen molar-refractivity contribution in [2.45, 2.75) is 6.54 Å². The summed E-state index contributed by atoms with van der Waals surface area (Å²) in [6, 6.07) is 9.36. The van der Waals surface area contributed by atoms with Gasteiger partial charge < -0.3 is 15.8 Å². The number of nitrogens with zero attached hydrogens (tertiary/aromatic N) is 1. The first kappa shape index (κ1) is 14.3. The Morgan fingerprint density at radius 2 is 2.15 bits per heavy atom. The van der Waals surface area contributed by atoms with Crippen molar-refractivity contribution in [3.63, 3.8) is 0 Å². The highest BCUT2D eigenvalue weighted by molar-refractivity contribution is 9.10. The van der Waals surface area contributed by atoms with E-state index in [-0.39, 0.29) is 5.69 Å². The van der Waals surface area contributed by atoms with Crippen molar-refractivity contribution >= 4 is 33.4 Å². The van der Waals surface area contributed by atoms with Gasteiger partial charge in [0.05, 0.1) is 18.4 Å². The molecule has 20 heavy (non-hydrogen) atoms. The highest BCUT2D eigenvalue weighted by Crippen LogP contribution is 2.23. The van der Waals surface area contributed by atoms with Gasteiger partial charge in [0.1, 0.15) is 5.82 Å². The molecule has 0 radical (unpaired) electrons. The Labute approximate surface area is 125 Å². The van der Waals surface area contributed by atoms with E-state index >= 15 is 0 Å². The number of esters is 1. The molecule has 2 rings (SSSR count). The van der Waals surface area contributed by atoms with E-state index in [2.05, 4.69) is 31.0 Å². The number of rotatable bonds is 4. The van der Waals surface area contributed by atoms with Gasteiger partial charge in [0.25, 0.3) is 0 Å². The number of aromatic nitrogens is 1. The van der Waals surface area contributed by atoms with Gasteiger partial charge in [0.2, 0.25) is 0 Å². The zero-order valence-electron chi connectivity index (χ0n) is 10.9. The molecule has 0 aliphatic heterocycles. The molecule has 0 amide bonds. The monoisotopic (exact) mass is 335 g/mol. The normalized spacial score (nSPS) is 10.1. The highest BCUT2D eigenvalue weighted by atomic mass is 79.9. The summed E-state index contributed by atoms with van der Waals surface area (Å²) in [5.41, 5.74) is 7.58. The Kier molecular flexibility index (Phi) is 4.57. The molecule has 5 nitrogen and oxygen atoms in total. The average Bonchev–Trinajstić information content (AvgIpc) is 2.47. The van der Waals surface area contributed by atoms with Crippen molar-refractivity contribution in [3.8, 4) is 0 Å². The Morgan fingerprint density at radius 1 is 1.40 bits per heavy atom. The summed E-state index contributed by atoms with van der Waals surface area (Å²) in [4.78, 5) is 15.7. The van der Waals surface area contributed by atoms with Crippen molar-refractivity contribution < 1.29 is 9.53 Å². The zero-order chi connectivity index (χ0) is 14.5. The number of nitrogens with two attached hydrogens (primary N) is 1. The van der Waals surface area contributed by atoms with Crippen molar-refractivity contribution in [2.75, 3.05) is 18.2 Å². The lowest BCUT2D eigenvalue weighted by Crippen LogP contribution is -2.10. The fourth-order valence-corrected chi connectivity index (χ4v) is 2.15. The van der Waals surface area contributed by atoms with Crippen molar-refractivity contribution in [3.05, 3.63) is 52.1 Å². The molecule has 1 heterocycles. The number of hydrogen-bond acceptors (Lipinski definition) is 5. The molecule has 104 valence electrons. The van der Waals surface area contributed by atoms with Crippen molar-refractivity contribution in [1.82, 2.24) is 4.98 Å². The van der Waals surface area contributed by atoms with E-state index in [1.54, 1.807) is 0 Å². The van der Waals surface area contributed by atoms with Crippen LogP contribution in [0.5, 0.6) is 0 Å². The fraction of sp³-hybridized carbons (Fsp3) is 0.143. The van der Waals surface area contributed by atoms with E-state index in [1.165, 1.54) is 19.4 Å². The third-order valence-corrected chi connectivity index (χ3v) is 3.57. The van der Waals surface area contributed by atoms with E-state index in [1.807, 2.05) is 24.3 Å². The lowest BCUT2D eigenvalue weighted by molar-refractivity contribution is 0.0602. The van der Waals surface area contributed by atoms with E-state index in [9.17, 15) is 4.79 Å². The predicted octanol–water partition coefficient (Wildman–Crippen LogP) is 2.83. The SMILES string of the molecule is COC(=O)c1ccnc(NCc2ccccc2Br)c1N. The van der Waals surface area contributed by atoms with E-state index < -0.39 is 5.97 Å². The fourth-order valence-electron chi connectivity index (χ4n) is 1.72. The summed E-state index contributed by atoms with van der Waals surface area (Å²) in [6.07, 6.45) is 1.52. The topological polar surface area (TPSA) is 77.2 Å². The molecule has 0 unspecified atom stereocenters. The predicted molar refractivity (Wildman–Crippen MR) is 81.5 cm³/mol. The molecule has 6 heteroatoms. The molecular formula is C14H14BrN3O2. The maximum absolute atomic E-state index is 11.5. The van der Waals surface area contributed by atoms with Crippen LogP contribution < -0.4 is 11.1 Å². The quantitative estimate of drug-likeness (QED) is 0.840. The molecule has 0 spiro atoms. The van der Waals surface area contributed by atoms with Gasteiger partial charge in [0, 0.05) is 17.2 Å². The van der Waals surface area contributed by atoms with Crippen LogP contribution in [0.15, 0.2) is 41.0 Å². The van der Waals surface area contributed by atoms with Crippen LogP contribution in [0.25, 0.3) is 0 Å². The van der Waals surface area contributed by atoms with Crippen LogP contribution in [0.2, 0.25) is 0 Å². The number of nitrogens with one attached hydrogen (secondary N) is 1. The first-order chi connectivity index (χ1) is 9.63. The first-order valence-corrected chi connectivity index (χ1v) is 6.73. The molecular weight excluding hydrogens is 322 g/mol. The summed E-state index contributed by atoms with van der Waals surface area (Å²) < 4.78 is 5.67. The molecule has 0 aliphatic carbocycles. The minimum absolute atomic E-state index is 0.284. The van der Waals surface area contributed by atoms with Crippen LogP contribution in [0, 0.1) is 0 Å². The number of carbonyl (C=O) groups is 1. The van der Waals surface area contributed by atoms with Gasteiger partial charge in [-0.2, -0.15) is 0 Å². The number of anilines is 2. The largest absolute Gasteiger partial charge is 0.465 e. The second kappa shape index (κ2) is 6.38. The summed E-state index contributed by atoms with van der Waals surface area (Å²) >= 11 is 3.47. The lowest BCUT2D eigenvalue weighted by Gasteiger charge is -2.11. The van der Waals surface area contributed by atoms with Gasteiger partial charge in [-0.3, -0.25) is 0 Å². The number of benzene rings is 1. The molecule has 0 aliphatic rings. The van der Waals surface area contributed by atoms with Crippen LogP contribution in [0.4, 0.5) is 11.5 Å². The van der Waals surface area contributed by atoms with Gasteiger partial charge in [-0.1, -0.05) is 34.1 Å². The van der Waals surface area contributed by atoms with E-state index in [0.29, 0.717) is 17.9 Å². The summed E-state index contributed by atoms with van der Waals surface area (Å²) in [5, 5.41) is 3.12. The number of halogens is 1. The standard InChI is InChI=1S/C14H14BrN3O2/c1-20-14(19)10-6-7-17-13(12(10)16)18-8-9-4-2-3-5-11(9)15/h2-7H,8,16H2,1H3,(H,17,18). The summed E-state index contributed by atoms with van der Waals surface area (Å²) in [7, 11) is 1.32. The third kappa shape index (κ3) is 3.08. The maximum Gasteiger partial charge on any atom is 0.340 e. The molecule has 2 aromatic rings. The summed E-state index contributed by atoms with van der Waals surface area (Å²) in [6.45, 7) is 0.545. The van der Waals surface area contributed by atoms with E-state index in [0.717, 1.165) is 10.0 Å². The average molecular weight is 336 g/mol. The van der Waals surface area contributed by atoms with Gasteiger partial charge in [-0.05, 0) is 17.7 Å². The van der Waals surface area contributed by atoms with Crippen molar-refractivity contribution in [2.24, 2.45) is 0 Å². The highest BCUT2D eigenvalue weighted by Gasteiger charge is 2.13. The molecule has 1 aromatic heterocycles. The molecule has 0 atom stereocenters. The number of hydrogen-bond donors (Lipinski definition) is 2. The Hall–Kier alpha value is -2.08. The lowest BCUT2D eigenvalue weighted by atomic mass is 10.2. The van der Waals surface area contributed by atoms with Crippen LogP contribution in [-0.4, -0.2) is 18.1 Å². The summed E-state index contributed by atoms with van der Waals surface area (Å²) in [5.74, 6) is -0.0162. The number of carbonyl (C=O) groups excluding carboxylic acids is 1. The van der Waals surface area contributed by atoms with Crippen molar-refractivity contribution in [1.29, 1.82) is 0 Å². The van der Waals surface area contributed by atoms with Crippen LogP contribution in [0.1, 0.15) is 15.9 Å². The van der Waals surface area contributed by atoms with Crippen LogP contribution >= 0.6 is 15.9 Å². The smallest absolute Gasteiger partial charge is 0.340 e. The molecule has 0 saturated carbocycles. The van der Waals surface area contributed by atoms with E-state index in [4.69, 9.17) is 5.73 Å². The molecule has 0 saturated heterocycles. The van der Waals surface area contributed by atoms with Crippen LogP contribution in [-0.2, 0) is 11.3 Å². The van der Waals surface area contributed by atoms with Gasteiger partial charge >= 0.3 is 5.97 Å². The minimum Gasteiger partial charge on any atom is -0.465 e. The molecule has 0 bridgehead atoms. The Bertz CT molecular complexity index is 632. The minimum atomic E-state index is -0.478. The molecule has 0 fully saturated rings. The molecule has 3 N–H and O–H groups in total. The number of nitrogen functional groups attached to an aromatic ring is 1. The second-order valence-corrected chi connectivity index (χ2v) is 4.91. The molecule has 1 aromatic carbocycles.